The number of hydrogen-bond donors (Lipinski definition) is 2. The smallest absolute Gasteiger partial charge is 0.228 e. The van der Waals surface area contributed by atoms with Gasteiger partial charge in [-0.1, -0.05) is 105 Å². The first-order valence-electron chi connectivity index (χ1n) is 14.9. The van der Waals surface area contributed by atoms with Gasteiger partial charge in [-0.25, -0.2) is 0 Å². The van der Waals surface area contributed by atoms with Crippen molar-refractivity contribution >= 4 is 29.0 Å². The predicted molar refractivity (Wildman–Crippen MR) is 173 cm³/mol. The van der Waals surface area contributed by atoms with Gasteiger partial charge in [-0.15, -0.1) is 0 Å². The molecule has 5 nitrogen and oxygen atoms in total. The fourth-order valence-corrected chi connectivity index (χ4v) is 5.28. The highest BCUT2D eigenvalue weighted by atomic mass is 16.2. The molecule has 0 bridgehead atoms. The van der Waals surface area contributed by atoms with Crippen LogP contribution in [0.5, 0.6) is 0 Å². The number of carbonyl (C=O) groups excluding carboxylic acids is 3. The number of carbonyl (C=O) groups is 3. The van der Waals surface area contributed by atoms with Gasteiger partial charge in [0.2, 0.25) is 11.8 Å². The quantitative estimate of drug-likeness (QED) is 0.294. The largest absolute Gasteiger partial charge is 0.326 e. The summed E-state index contributed by atoms with van der Waals surface area (Å²) in [5, 5.41) is 5.74. The number of amides is 2. The topological polar surface area (TPSA) is 75.3 Å². The van der Waals surface area contributed by atoms with E-state index in [0.717, 1.165) is 22.5 Å². The Kier molecular flexibility index (Phi) is 8.55. The first-order chi connectivity index (χ1) is 19.4. The molecule has 0 spiro atoms. The van der Waals surface area contributed by atoms with Crippen LogP contribution in [-0.4, -0.2) is 17.6 Å². The summed E-state index contributed by atoms with van der Waals surface area (Å²) in [7, 11) is 0. The van der Waals surface area contributed by atoms with Crippen LogP contribution in [-0.2, 0) is 56.3 Å². The summed E-state index contributed by atoms with van der Waals surface area (Å²) in [6, 6.07) is 18.9. The lowest BCUT2D eigenvalue weighted by molar-refractivity contribution is -0.117. The number of Topliss-reactive ketones (excluding diaryl/α,β-unsaturated/α-hetero) is 1. The Morgan fingerprint density at radius 1 is 0.452 bits per heavy atom. The molecule has 0 atom stereocenters. The second kappa shape index (κ2) is 11.5. The van der Waals surface area contributed by atoms with Crippen LogP contribution in [0.3, 0.4) is 0 Å². The fourth-order valence-electron chi connectivity index (χ4n) is 5.28. The van der Waals surface area contributed by atoms with E-state index in [1.165, 1.54) is 27.8 Å². The molecule has 0 radical (unpaired) electrons. The number of rotatable bonds is 0. The molecule has 2 amide bonds. The van der Waals surface area contributed by atoms with E-state index in [4.69, 9.17) is 0 Å². The Morgan fingerprint density at radius 3 is 1.21 bits per heavy atom. The van der Waals surface area contributed by atoms with Crippen molar-refractivity contribution in [1.29, 1.82) is 0 Å². The molecule has 6 rings (SSSR count). The SMILES string of the molecule is CC(C)(C)c1ccc2c(c1)CC(=O)C2.CC(C)(C)c1ccc2c(c1)NC(=O)C2.CC(C)(C)c1ccc2c(c1)NC(=O)C2. The second-order valence-electron chi connectivity index (χ2n) is 14.8. The summed E-state index contributed by atoms with van der Waals surface area (Å²) in [6.07, 6.45) is 2.33. The van der Waals surface area contributed by atoms with Crippen molar-refractivity contribution < 1.29 is 14.4 Å². The van der Waals surface area contributed by atoms with E-state index in [-0.39, 0.29) is 28.1 Å². The van der Waals surface area contributed by atoms with Crippen molar-refractivity contribution in [3.05, 3.63) is 93.5 Å². The molecule has 3 aliphatic rings. The normalized spacial score (nSPS) is 15.4. The maximum absolute atomic E-state index is 11.3. The molecule has 0 saturated heterocycles. The van der Waals surface area contributed by atoms with Gasteiger partial charge in [0.25, 0.3) is 0 Å². The van der Waals surface area contributed by atoms with Gasteiger partial charge in [0.05, 0.1) is 12.8 Å². The van der Waals surface area contributed by atoms with E-state index < -0.39 is 0 Å². The first kappa shape index (κ1) is 31.2. The molecule has 3 aromatic carbocycles. The van der Waals surface area contributed by atoms with Crippen LogP contribution in [0.4, 0.5) is 11.4 Å². The summed E-state index contributed by atoms with van der Waals surface area (Å²) < 4.78 is 0. The summed E-state index contributed by atoms with van der Waals surface area (Å²) in [6.45, 7) is 19.6. The number of fused-ring (bicyclic) bond motifs is 3. The Bertz CT molecular complexity index is 1340. The second-order valence-corrected chi connectivity index (χ2v) is 14.8. The lowest BCUT2D eigenvalue weighted by atomic mass is 9.85. The van der Waals surface area contributed by atoms with Crippen molar-refractivity contribution in [1.82, 2.24) is 0 Å². The molecule has 0 saturated carbocycles. The van der Waals surface area contributed by atoms with E-state index in [0.29, 0.717) is 31.5 Å². The number of nitrogens with one attached hydrogen (secondary N) is 2. The van der Waals surface area contributed by atoms with Crippen LogP contribution in [0.15, 0.2) is 54.6 Å². The fraction of sp³-hybridized carbons (Fsp3) is 0.432. The molecule has 5 heteroatoms. The minimum absolute atomic E-state index is 0.103. The van der Waals surface area contributed by atoms with Crippen LogP contribution >= 0.6 is 0 Å². The van der Waals surface area contributed by atoms with Gasteiger partial charge in [0.15, 0.2) is 0 Å². The Balaban J connectivity index is 0.000000145. The van der Waals surface area contributed by atoms with Crippen LogP contribution in [0.2, 0.25) is 0 Å². The third kappa shape index (κ3) is 7.56. The molecule has 1 aliphatic carbocycles. The number of anilines is 2. The minimum atomic E-state index is 0.103. The minimum Gasteiger partial charge on any atom is -0.326 e. The highest BCUT2D eigenvalue weighted by molar-refractivity contribution is 5.99. The van der Waals surface area contributed by atoms with Crippen molar-refractivity contribution in [2.75, 3.05) is 10.6 Å². The molecular formula is C37H46N2O3. The van der Waals surface area contributed by atoms with Crippen LogP contribution in [0.1, 0.15) is 101 Å². The first-order valence-corrected chi connectivity index (χ1v) is 14.9. The Hall–Kier alpha value is -3.73. The molecule has 2 N–H and O–H groups in total. The van der Waals surface area contributed by atoms with Crippen molar-refractivity contribution in [2.45, 2.75) is 104 Å². The lowest BCUT2D eigenvalue weighted by Crippen LogP contribution is -2.11. The highest BCUT2D eigenvalue weighted by Crippen LogP contribution is 2.31. The number of benzene rings is 3. The van der Waals surface area contributed by atoms with E-state index >= 15 is 0 Å². The molecule has 3 aromatic rings. The summed E-state index contributed by atoms with van der Waals surface area (Å²) in [4.78, 5) is 33.6. The van der Waals surface area contributed by atoms with Crippen LogP contribution in [0, 0.1) is 0 Å². The standard InChI is InChI=1S/C13H16O.2C12H15NO/c1-13(2,3)11-5-4-9-7-12(14)8-10(9)6-11;2*1-12(2,3)9-5-4-8-6-11(14)13-10(8)7-9/h4-6H,7-8H2,1-3H3;2*4-5,7H,6H2,1-3H3,(H,13,14). The maximum Gasteiger partial charge on any atom is 0.228 e. The highest BCUT2D eigenvalue weighted by Gasteiger charge is 2.23. The van der Waals surface area contributed by atoms with Crippen molar-refractivity contribution in [3.8, 4) is 0 Å². The van der Waals surface area contributed by atoms with Crippen LogP contribution in [0.25, 0.3) is 0 Å². The third-order valence-corrected chi connectivity index (χ3v) is 8.05. The molecule has 2 heterocycles. The summed E-state index contributed by atoms with van der Waals surface area (Å²) in [5.74, 6) is 0.558. The van der Waals surface area contributed by atoms with Crippen molar-refractivity contribution in [3.63, 3.8) is 0 Å². The molecule has 0 unspecified atom stereocenters. The van der Waals surface area contributed by atoms with Gasteiger partial charge in [-0.05, 0) is 67.3 Å². The average Bonchev–Trinajstić information content (AvgIpc) is 3.54. The molecule has 2 aliphatic heterocycles. The maximum atomic E-state index is 11.3. The Labute approximate surface area is 251 Å². The molecule has 0 fully saturated rings. The predicted octanol–water partition coefficient (Wildman–Crippen LogP) is 7.61. The summed E-state index contributed by atoms with van der Waals surface area (Å²) in [5.41, 5.74) is 11.0. The van der Waals surface area contributed by atoms with Crippen LogP contribution < -0.4 is 10.6 Å². The van der Waals surface area contributed by atoms with Gasteiger partial charge >= 0.3 is 0 Å². The van der Waals surface area contributed by atoms with E-state index in [1.54, 1.807) is 0 Å². The average molecular weight is 567 g/mol. The van der Waals surface area contributed by atoms with Gasteiger partial charge in [-0.3, -0.25) is 14.4 Å². The van der Waals surface area contributed by atoms with Gasteiger partial charge < -0.3 is 10.6 Å². The number of hydrogen-bond acceptors (Lipinski definition) is 3. The zero-order valence-corrected chi connectivity index (χ0v) is 26.7. The summed E-state index contributed by atoms with van der Waals surface area (Å²) >= 11 is 0. The molecule has 42 heavy (non-hydrogen) atoms. The molecular weight excluding hydrogens is 520 g/mol. The zero-order chi connectivity index (χ0) is 31.0. The van der Waals surface area contributed by atoms with Gasteiger partial charge in [-0.2, -0.15) is 0 Å². The van der Waals surface area contributed by atoms with Gasteiger partial charge in [0, 0.05) is 24.2 Å². The monoisotopic (exact) mass is 566 g/mol. The van der Waals surface area contributed by atoms with E-state index in [1.807, 2.05) is 12.1 Å². The molecule has 222 valence electrons. The number of ketones is 1. The lowest BCUT2D eigenvalue weighted by Gasteiger charge is -2.19. The van der Waals surface area contributed by atoms with E-state index in [2.05, 4.69) is 115 Å². The molecule has 0 aromatic heterocycles. The Morgan fingerprint density at radius 2 is 0.810 bits per heavy atom. The van der Waals surface area contributed by atoms with Gasteiger partial charge in [0.1, 0.15) is 5.78 Å². The third-order valence-electron chi connectivity index (χ3n) is 8.05. The zero-order valence-electron chi connectivity index (χ0n) is 26.7. The van der Waals surface area contributed by atoms with Crippen molar-refractivity contribution in [2.24, 2.45) is 0 Å². The van der Waals surface area contributed by atoms with E-state index in [9.17, 15) is 14.4 Å².